The van der Waals surface area contributed by atoms with Crippen molar-refractivity contribution in [1.82, 2.24) is 5.32 Å². The van der Waals surface area contributed by atoms with Gasteiger partial charge >= 0.3 is 0 Å². The number of benzene rings is 1. The summed E-state index contributed by atoms with van der Waals surface area (Å²) >= 11 is 1.83. The average molecular weight is 333 g/mol. The molecule has 1 heterocycles. The number of nitrogens with one attached hydrogen (secondary N) is 2. The topological polar surface area (TPSA) is 24.1 Å². The molecule has 1 aromatic heterocycles. The first-order valence-corrected chi connectivity index (χ1v) is 7.11. The zero-order valence-corrected chi connectivity index (χ0v) is 14.4. The van der Waals surface area contributed by atoms with Gasteiger partial charge in [-0.1, -0.05) is 18.2 Å². The van der Waals surface area contributed by atoms with Crippen molar-refractivity contribution in [3.63, 3.8) is 0 Å². The molecule has 0 spiro atoms. The maximum atomic E-state index is 3.43. The largest absolute Gasteiger partial charge is 0.388 e. The summed E-state index contributed by atoms with van der Waals surface area (Å²) in [5.41, 5.74) is 3.94. The number of halogens is 2. The Balaban J connectivity index is 0.00000180. The average Bonchev–Trinajstić information content (AvgIpc) is 2.82. The SMILES string of the molecule is CNc1ccccc1CC(NC)c1sccc1C.Cl.Cl. The molecular weight excluding hydrogens is 311 g/mol. The highest BCUT2D eigenvalue weighted by Gasteiger charge is 2.15. The number of para-hydroxylation sites is 1. The van der Waals surface area contributed by atoms with E-state index in [1.807, 2.05) is 25.4 Å². The minimum atomic E-state index is 0. The van der Waals surface area contributed by atoms with Crippen LogP contribution in [0.3, 0.4) is 0 Å². The second-order valence-electron chi connectivity index (χ2n) is 4.42. The maximum absolute atomic E-state index is 3.43. The number of hydrogen-bond acceptors (Lipinski definition) is 3. The second-order valence-corrected chi connectivity index (χ2v) is 5.37. The minimum Gasteiger partial charge on any atom is -0.388 e. The third-order valence-corrected chi connectivity index (χ3v) is 4.41. The van der Waals surface area contributed by atoms with E-state index in [4.69, 9.17) is 0 Å². The molecule has 0 amide bonds. The Morgan fingerprint density at radius 3 is 2.35 bits per heavy atom. The van der Waals surface area contributed by atoms with Crippen LogP contribution >= 0.6 is 36.2 Å². The van der Waals surface area contributed by atoms with E-state index in [1.165, 1.54) is 21.7 Å². The highest BCUT2D eigenvalue weighted by atomic mass is 35.5. The molecule has 20 heavy (non-hydrogen) atoms. The van der Waals surface area contributed by atoms with Gasteiger partial charge in [-0.3, -0.25) is 0 Å². The van der Waals surface area contributed by atoms with Crippen LogP contribution in [0.5, 0.6) is 0 Å². The Labute approximate surface area is 137 Å². The predicted molar refractivity (Wildman–Crippen MR) is 95.0 cm³/mol. The monoisotopic (exact) mass is 332 g/mol. The summed E-state index contributed by atoms with van der Waals surface area (Å²) in [5.74, 6) is 0. The zero-order valence-electron chi connectivity index (χ0n) is 12.0. The third kappa shape index (κ3) is 4.38. The molecule has 2 aromatic rings. The summed E-state index contributed by atoms with van der Waals surface area (Å²) in [5, 5.41) is 8.85. The Bertz CT molecular complexity index is 514. The summed E-state index contributed by atoms with van der Waals surface area (Å²) in [6, 6.07) is 11.1. The van der Waals surface area contributed by atoms with E-state index >= 15 is 0 Å². The molecule has 0 fully saturated rings. The van der Waals surface area contributed by atoms with Crippen LogP contribution in [0.4, 0.5) is 5.69 Å². The van der Waals surface area contributed by atoms with Crippen molar-refractivity contribution in [3.8, 4) is 0 Å². The van der Waals surface area contributed by atoms with Gasteiger partial charge in [-0.15, -0.1) is 36.2 Å². The van der Waals surface area contributed by atoms with Crippen LogP contribution < -0.4 is 10.6 Å². The lowest BCUT2D eigenvalue weighted by Gasteiger charge is -2.18. The number of anilines is 1. The van der Waals surface area contributed by atoms with Crippen molar-refractivity contribution in [3.05, 3.63) is 51.7 Å². The minimum absolute atomic E-state index is 0. The van der Waals surface area contributed by atoms with Crippen LogP contribution in [-0.4, -0.2) is 14.1 Å². The molecule has 5 heteroatoms. The molecule has 0 aliphatic rings. The molecule has 0 saturated heterocycles. The number of thiophene rings is 1. The number of hydrogen-bond donors (Lipinski definition) is 2. The van der Waals surface area contributed by atoms with Crippen LogP contribution in [0.2, 0.25) is 0 Å². The summed E-state index contributed by atoms with van der Waals surface area (Å²) in [7, 11) is 4.01. The highest BCUT2D eigenvalue weighted by Crippen LogP contribution is 2.28. The molecule has 1 aromatic carbocycles. The molecule has 2 rings (SSSR count). The summed E-state index contributed by atoms with van der Waals surface area (Å²) in [4.78, 5) is 1.43. The van der Waals surface area contributed by atoms with E-state index in [0.29, 0.717) is 6.04 Å². The van der Waals surface area contributed by atoms with E-state index in [9.17, 15) is 0 Å². The number of aryl methyl sites for hydroxylation is 1. The first-order chi connectivity index (χ1) is 8.76. The molecule has 1 unspecified atom stereocenters. The summed E-state index contributed by atoms with van der Waals surface area (Å²) in [6.45, 7) is 2.18. The van der Waals surface area contributed by atoms with E-state index in [1.54, 1.807) is 0 Å². The van der Waals surface area contributed by atoms with Crippen molar-refractivity contribution in [1.29, 1.82) is 0 Å². The quantitative estimate of drug-likeness (QED) is 0.845. The lowest BCUT2D eigenvalue weighted by atomic mass is 10.0. The van der Waals surface area contributed by atoms with Crippen molar-refractivity contribution in [2.24, 2.45) is 0 Å². The van der Waals surface area contributed by atoms with E-state index in [2.05, 4.69) is 53.3 Å². The molecule has 0 saturated carbocycles. The van der Waals surface area contributed by atoms with E-state index < -0.39 is 0 Å². The normalized spacial score (nSPS) is 11.2. The van der Waals surface area contributed by atoms with Crippen molar-refractivity contribution >= 4 is 41.8 Å². The molecule has 1 atom stereocenters. The van der Waals surface area contributed by atoms with Crippen LogP contribution in [0.25, 0.3) is 0 Å². The van der Waals surface area contributed by atoms with Gasteiger partial charge < -0.3 is 10.6 Å². The van der Waals surface area contributed by atoms with Gasteiger partial charge in [0.1, 0.15) is 0 Å². The number of rotatable bonds is 5. The summed E-state index contributed by atoms with van der Waals surface area (Å²) < 4.78 is 0. The van der Waals surface area contributed by atoms with Crippen LogP contribution in [0.1, 0.15) is 22.0 Å². The van der Waals surface area contributed by atoms with Crippen molar-refractivity contribution in [2.45, 2.75) is 19.4 Å². The number of likely N-dealkylation sites (N-methyl/N-ethyl adjacent to an activating group) is 1. The van der Waals surface area contributed by atoms with Gasteiger partial charge in [0.2, 0.25) is 0 Å². The Morgan fingerprint density at radius 2 is 1.80 bits per heavy atom. The van der Waals surface area contributed by atoms with E-state index in [0.717, 1.165) is 6.42 Å². The standard InChI is InChI=1S/C15H20N2S.2ClH/c1-11-8-9-18-15(11)14(17-3)10-12-6-4-5-7-13(12)16-2;;/h4-9,14,16-17H,10H2,1-3H3;2*1H. The zero-order chi connectivity index (χ0) is 13.0. The molecular formula is C15H22Cl2N2S. The van der Waals surface area contributed by atoms with Crippen molar-refractivity contribution in [2.75, 3.05) is 19.4 Å². The van der Waals surface area contributed by atoms with Gasteiger partial charge in [0.25, 0.3) is 0 Å². The van der Waals surface area contributed by atoms with Gasteiger partial charge in [-0.05, 0) is 49.0 Å². The molecule has 2 N–H and O–H groups in total. The molecule has 2 nitrogen and oxygen atoms in total. The van der Waals surface area contributed by atoms with E-state index in [-0.39, 0.29) is 24.8 Å². The smallest absolute Gasteiger partial charge is 0.0456 e. The van der Waals surface area contributed by atoms with Gasteiger partial charge in [0.15, 0.2) is 0 Å². The first kappa shape index (κ1) is 19.3. The van der Waals surface area contributed by atoms with Gasteiger partial charge in [-0.2, -0.15) is 0 Å². The third-order valence-electron chi connectivity index (χ3n) is 3.28. The van der Waals surface area contributed by atoms with Gasteiger partial charge in [-0.25, -0.2) is 0 Å². The summed E-state index contributed by atoms with van der Waals surface area (Å²) in [6.07, 6.45) is 1.01. The first-order valence-electron chi connectivity index (χ1n) is 6.23. The maximum Gasteiger partial charge on any atom is 0.0456 e. The predicted octanol–water partition coefficient (Wildman–Crippen LogP) is 4.45. The Kier molecular flexibility index (Phi) is 8.90. The Hall–Kier alpha value is -0.740. The molecule has 0 bridgehead atoms. The molecule has 0 radical (unpaired) electrons. The molecule has 0 aliphatic heterocycles. The fraction of sp³-hybridized carbons (Fsp3) is 0.333. The fourth-order valence-corrected chi connectivity index (χ4v) is 3.27. The fourth-order valence-electron chi connectivity index (χ4n) is 2.23. The van der Waals surface area contributed by atoms with Crippen LogP contribution in [-0.2, 0) is 6.42 Å². The second kappa shape index (κ2) is 9.24. The van der Waals surface area contributed by atoms with Gasteiger partial charge in [0.05, 0.1) is 0 Å². The Morgan fingerprint density at radius 1 is 1.10 bits per heavy atom. The highest BCUT2D eigenvalue weighted by molar-refractivity contribution is 7.10. The molecule has 112 valence electrons. The van der Waals surface area contributed by atoms with Gasteiger partial charge in [0, 0.05) is 23.7 Å². The van der Waals surface area contributed by atoms with Crippen molar-refractivity contribution < 1.29 is 0 Å². The molecule has 0 aliphatic carbocycles. The lowest BCUT2D eigenvalue weighted by Crippen LogP contribution is -2.19. The lowest BCUT2D eigenvalue weighted by molar-refractivity contribution is 0.600. The van der Waals surface area contributed by atoms with Crippen LogP contribution in [0.15, 0.2) is 35.7 Å². The van der Waals surface area contributed by atoms with Crippen LogP contribution in [0, 0.1) is 6.92 Å².